The minimum atomic E-state index is -4.63. The van der Waals surface area contributed by atoms with Crippen molar-refractivity contribution in [3.05, 3.63) is 87.9 Å². The molecule has 1 aliphatic heterocycles. The van der Waals surface area contributed by atoms with E-state index >= 15 is 0 Å². The molecule has 0 bridgehead atoms. The first-order valence-corrected chi connectivity index (χ1v) is 10.9. The van der Waals surface area contributed by atoms with Crippen molar-refractivity contribution >= 4 is 40.8 Å². The van der Waals surface area contributed by atoms with E-state index in [1.54, 1.807) is 37.3 Å². The number of halogens is 4. The molecule has 0 saturated heterocycles. The van der Waals surface area contributed by atoms with Crippen molar-refractivity contribution in [2.45, 2.75) is 13.1 Å². The van der Waals surface area contributed by atoms with Crippen molar-refractivity contribution < 1.29 is 32.2 Å². The highest BCUT2D eigenvalue weighted by atomic mass is 35.5. The summed E-state index contributed by atoms with van der Waals surface area (Å²) in [6, 6.07) is 13.7. The molecule has 0 saturated carbocycles. The number of methoxy groups -OCH3 is 1. The predicted molar refractivity (Wildman–Crippen MR) is 127 cm³/mol. The number of benzene rings is 3. The zero-order valence-corrected chi connectivity index (χ0v) is 19.4. The summed E-state index contributed by atoms with van der Waals surface area (Å²) in [7, 11) is 1.45. The number of carbonyl (C=O) groups excluding carboxylic acids is 2. The van der Waals surface area contributed by atoms with Gasteiger partial charge in [-0.3, -0.25) is 9.59 Å². The average Bonchev–Trinajstić information content (AvgIpc) is 2.82. The van der Waals surface area contributed by atoms with Crippen LogP contribution in [0.2, 0.25) is 5.02 Å². The smallest absolute Gasteiger partial charge is 0.416 e. The lowest BCUT2D eigenvalue weighted by Crippen LogP contribution is -2.41. The highest BCUT2D eigenvalue weighted by Gasteiger charge is 2.37. The van der Waals surface area contributed by atoms with E-state index in [1.165, 1.54) is 25.3 Å². The van der Waals surface area contributed by atoms with E-state index in [0.29, 0.717) is 29.2 Å². The molecule has 4 rings (SSSR count). The van der Waals surface area contributed by atoms with Crippen molar-refractivity contribution in [2.75, 3.05) is 18.6 Å². The molecule has 0 unspecified atom stereocenters. The van der Waals surface area contributed by atoms with E-state index in [1.807, 2.05) is 0 Å². The third kappa shape index (κ3) is 4.61. The Morgan fingerprint density at radius 2 is 1.69 bits per heavy atom. The van der Waals surface area contributed by atoms with Gasteiger partial charge in [0.2, 0.25) is 0 Å². The fourth-order valence-corrected chi connectivity index (χ4v) is 4.14. The number of rotatable bonds is 5. The molecule has 0 spiro atoms. The van der Waals surface area contributed by atoms with E-state index < -0.39 is 23.6 Å². The Morgan fingerprint density at radius 1 is 0.971 bits per heavy atom. The molecule has 180 valence electrons. The summed E-state index contributed by atoms with van der Waals surface area (Å²) in [4.78, 5) is 27.5. The van der Waals surface area contributed by atoms with Gasteiger partial charge in [0, 0.05) is 11.1 Å². The van der Waals surface area contributed by atoms with Crippen LogP contribution in [0.25, 0.3) is 11.6 Å². The third-order valence-electron chi connectivity index (χ3n) is 5.36. The third-order valence-corrected chi connectivity index (χ3v) is 5.64. The van der Waals surface area contributed by atoms with Crippen LogP contribution < -0.4 is 14.4 Å². The number of hydrogen-bond acceptors (Lipinski definition) is 4. The molecule has 0 fully saturated rings. The fourth-order valence-electron chi connectivity index (χ4n) is 3.85. The Hall–Kier alpha value is -3.78. The molecule has 5 nitrogen and oxygen atoms in total. The highest BCUT2D eigenvalue weighted by molar-refractivity contribution is 6.43. The van der Waals surface area contributed by atoms with Crippen LogP contribution in [-0.2, 0) is 11.0 Å². The van der Waals surface area contributed by atoms with Gasteiger partial charge in [0.05, 0.1) is 30.0 Å². The Kier molecular flexibility index (Phi) is 6.58. The van der Waals surface area contributed by atoms with Gasteiger partial charge in [-0.05, 0) is 60.5 Å². The molecule has 3 aromatic carbocycles. The second-order valence-corrected chi connectivity index (χ2v) is 7.97. The van der Waals surface area contributed by atoms with Crippen LogP contribution in [0.4, 0.5) is 18.9 Å². The Labute approximate surface area is 204 Å². The molecule has 1 heterocycles. The topological polar surface area (TPSA) is 55.8 Å². The molecule has 0 radical (unpaired) electrons. The number of ether oxygens (including phenoxy) is 2. The molecule has 0 aromatic heterocycles. The van der Waals surface area contributed by atoms with E-state index in [-0.39, 0.29) is 21.8 Å². The van der Waals surface area contributed by atoms with Gasteiger partial charge < -0.3 is 9.47 Å². The second-order valence-electron chi connectivity index (χ2n) is 7.56. The van der Waals surface area contributed by atoms with Gasteiger partial charge >= 0.3 is 6.18 Å². The standard InChI is InChI=1S/C26H19ClF3NO4/c1-3-35-22-13-15(12-21(27)23(22)34-2)11-20-18-9-4-5-10-19(18)24(32)31(25(20)33)17-8-6-7-16(14-17)26(28,29)30/h4-14H,3H2,1-2H3/b20-11-. The molecule has 2 amide bonds. The quantitative estimate of drug-likeness (QED) is 0.296. The largest absolute Gasteiger partial charge is 0.491 e. The number of carbonyl (C=O) groups is 2. The van der Waals surface area contributed by atoms with Gasteiger partial charge in [0.15, 0.2) is 11.5 Å². The van der Waals surface area contributed by atoms with Crippen LogP contribution in [0.15, 0.2) is 60.7 Å². The molecule has 0 aliphatic carbocycles. The van der Waals surface area contributed by atoms with E-state index in [2.05, 4.69) is 0 Å². The zero-order valence-electron chi connectivity index (χ0n) is 18.7. The number of hydrogen-bond donors (Lipinski definition) is 0. The maximum Gasteiger partial charge on any atom is 0.416 e. The predicted octanol–water partition coefficient (Wildman–Crippen LogP) is 6.49. The van der Waals surface area contributed by atoms with Gasteiger partial charge in [-0.2, -0.15) is 13.2 Å². The summed E-state index contributed by atoms with van der Waals surface area (Å²) in [6.07, 6.45) is -3.12. The zero-order chi connectivity index (χ0) is 25.3. The average molecular weight is 502 g/mol. The van der Waals surface area contributed by atoms with Crippen molar-refractivity contribution in [2.24, 2.45) is 0 Å². The fraction of sp³-hybridized carbons (Fsp3) is 0.154. The molecule has 9 heteroatoms. The van der Waals surface area contributed by atoms with Crippen LogP contribution in [0.5, 0.6) is 11.5 Å². The van der Waals surface area contributed by atoms with E-state index in [9.17, 15) is 22.8 Å². The maximum atomic E-state index is 13.5. The van der Waals surface area contributed by atoms with Crippen molar-refractivity contribution in [3.8, 4) is 11.5 Å². The number of amides is 2. The molecule has 3 aromatic rings. The minimum Gasteiger partial charge on any atom is -0.491 e. The van der Waals surface area contributed by atoms with E-state index in [0.717, 1.165) is 23.1 Å². The lowest BCUT2D eigenvalue weighted by Gasteiger charge is -2.29. The van der Waals surface area contributed by atoms with Crippen LogP contribution >= 0.6 is 11.6 Å². The van der Waals surface area contributed by atoms with Crippen LogP contribution in [0, 0.1) is 0 Å². The van der Waals surface area contributed by atoms with Gasteiger partial charge in [0.1, 0.15) is 0 Å². The molecule has 35 heavy (non-hydrogen) atoms. The summed E-state index contributed by atoms with van der Waals surface area (Å²) < 4.78 is 50.8. The highest BCUT2D eigenvalue weighted by Crippen LogP contribution is 2.39. The Bertz CT molecular complexity index is 1350. The lowest BCUT2D eigenvalue weighted by atomic mass is 9.91. The minimum absolute atomic E-state index is 0.112. The molecular weight excluding hydrogens is 483 g/mol. The summed E-state index contributed by atoms with van der Waals surface area (Å²) >= 11 is 6.34. The molecule has 0 atom stereocenters. The van der Waals surface area contributed by atoms with Crippen LogP contribution in [0.1, 0.15) is 34.0 Å². The van der Waals surface area contributed by atoms with Gasteiger partial charge in [-0.15, -0.1) is 0 Å². The second kappa shape index (κ2) is 9.46. The first kappa shape index (κ1) is 24.3. The number of anilines is 1. The summed E-state index contributed by atoms with van der Waals surface area (Å²) in [6.45, 7) is 2.13. The molecular formula is C26H19ClF3NO4. The van der Waals surface area contributed by atoms with Crippen molar-refractivity contribution in [3.63, 3.8) is 0 Å². The maximum absolute atomic E-state index is 13.5. The monoisotopic (exact) mass is 501 g/mol. The number of nitrogens with zero attached hydrogens (tertiary/aromatic N) is 1. The lowest BCUT2D eigenvalue weighted by molar-refractivity contribution is -0.137. The Morgan fingerprint density at radius 3 is 2.34 bits per heavy atom. The van der Waals surface area contributed by atoms with Gasteiger partial charge in [0.25, 0.3) is 11.8 Å². The summed E-state index contributed by atoms with van der Waals surface area (Å²) in [5.41, 5.74) is -0.0191. The first-order chi connectivity index (χ1) is 16.7. The number of imide groups is 1. The number of alkyl halides is 3. The number of fused-ring (bicyclic) bond motifs is 1. The van der Waals surface area contributed by atoms with Crippen LogP contribution in [-0.4, -0.2) is 25.5 Å². The van der Waals surface area contributed by atoms with Gasteiger partial charge in [-0.1, -0.05) is 35.9 Å². The first-order valence-electron chi connectivity index (χ1n) is 10.5. The molecule has 0 N–H and O–H groups in total. The molecule has 1 aliphatic rings. The Balaban J connectivity index is 1.89. The van der Waals surface area contributed by atoms with E-state index in [4.69, 9.17) is 21.1 Å². The SMILES string of the molecule is CCOc1cc(/C=C2\C(=O)N(c3cccc(C(F)(F)F)c3)C(=O)c3ccccc32)cc(Cl)c1OC. The van der Waals surface area contributed by atoms with Crippen molar-refractivity contribution in [1.29, 1.82) is 0 Å². The normalized spacial score (nSPS) is 14.8. The summed E-state index contributed by atoms with van der Waals surface area (Å²) in [5.74, 6) is -0.800. The van der Waals surface area contributed by atoms with Crippen molar-refractivity contribution in [1.82, 2.24) is 0 Å². The van der Waals surface area contributed by atoms with Crippen LogP contribution in [0.3, 0.4) is 0 Å². The summed E-state index contributed by atoms with van der Waals surface area (Å²) in [5, 5.41) is 0.243. The van der Waals surface area contributed by atoms with Gasteiger partial charge in [-0.25, -0.2) is 4.90 Å².